The van der Waals surface area contributed by atoms with Crippen molar-refractivity contribution < 1.29 is 9.32 Å². The number of nitrogen functional groups attached to an aromatic ring is 1. The number of halogens is 1. The van der Waals surface area contributed by atoms with Crippen LogP contribution in [0.15, 0.2) is 28.8 Å². The van der Waals surface area contributed by atoms with E-state index in [0.29, 0.717) is 22.2 Å². The van der Waals surface area contributed by atoms with Gasteiger partial charge in [-0.15, -0.1) is 0 Å². The molecule has 0 saturated carbocycles. The Bertz CT molecular complexity index is 566. The molecule has 6 heteroatoms. The molecule has 0 aliphatic heterocycles. The van der Waals surface area contributed by atoms with Gasteiger partial charge in [-0.25, -0.2) is 0 Å². The van der Waals surface area contributed by atoms with Gasteiger partial charge in [0.15, 0.2) is 5.69 Å². The van der Waals surface area contributed by atoms with Crippen molar-refractivity contribution in [2.24, 2.45) is 0 Å². The number of nitrogens with two attached hydrogens (primary N) is 1. The fourth-order valence-corrected chi connectivity index (χ4v) is 1.41. The first kappa shape index (κ1) is 11.5. The molecule has 1 aromatic carbocycles. The van der Waals surface area contributed by atoms with Crippen molar-refractivity contribution in [2.45, 2.75) is 6.92 Å². The van der Waals surface area contributed by atoms with Crippen molar-refractivity contribution in [3.63, 3.8) is 0 Å². The van der Waals surface area contributed by atoms with E-state index in [1.165, 1.54) is 0 Å². The van der Waals surface area contributed by atoms with Crippen LogP contribution in [0.4, 0.5) is 11.4 Å². The number of benzene rings is 1. The summed E-state index contributed by atoms with van der Waals surface area (Å²) in [5, 5.41) is 6.69. The molecule has 0 fully saturated rings. The quantitative estimate of drug-likeness (QED) is 0.804. The average molecular weight is 252 g/mol. The molecular formula is C11H10ClN3O2. The van der Waals surface area contributed by atoms with Gasteiger partial charge in [0.2, 0.25) is 0 Å². The van der Waals surface area contributed by atoms with Gasteiger partial charge in [-0.3, -0.25) is 4.79 Å². The van der Waals surface area contributed by atoms with Crippen LogP contribution in [0.5, 0.6) is 0 Å². The minimum Gasteiger partial charge on any atom is -0.397 e. The number of anilines is 2. The molecule has 0 aliphatic rings. The molecule has 0 atom stereocenters. The molecule has 17 heavy (non-hydrogen) atoms. The Balaban J connectivity index is 2.15. The van der Waals surface area contributed by atoms with Gasteiger partial charge in [-0.1, -0.05) is 16.8 Å². The number of aromatic nitrogens is 1. The Morgan fingerprint density at radius 2 is 2.24 bits per heavy atom. The van der Waals surface area contributed by atoms with Gasteiger partial charge in [-0.2, -0.15) is 0 Å². The number of carbonyl (C=O) groups excluding carboxylic acids is 1. The molecule has 1 amide bonds. The first-order valence-electron chi connectivity index (χ1n) is 4.86. The van der Waals surface area contributed by atoms with Crippen LogP contribution in [-0.2, 0) is 0 Å². The summed E-state index contributed by atoms with van der Waals surface area (Å²) in [4.78, 5) is 11.7. The standard InChI is InChI=1S/C11H10ClN3O2/c1-6-4-10(15-17-6)11(16)14-7-2-3-8(12)9(13)5-7/h2-5H,13H2,1H3,(H,14,16). The molecule has 0 spiro atoms. The van der Waals surface area contributed by atoms with Crippen molar-refractivity contribution >= 4 is 28.9 Å². The van der Waals surface area contributed by atoms with Crippen molar-refractivity contribution in [2.75, 3.05) is 11.1 Å². The predicted molar refractivity (Wildman–Crippen MR) is 65.1 cm³/mol. The Morgan fingerprint density at radius 3 is 2.82 bits per heavy atom. The molecule has 88 valence electrons. The maximum Gasteiger partial charge on any atom is 0.277 e. The third-order valence-corrected chi connectivity index (χ3v) is 2.46. The van der Waals surface area contributed by atoms with Crippen LogP contribution in [0.3, 0.4) is 0 Å². The number of hydrogen-bond donors (Lipinski definition) is 2. The number of hydrogen-bond acceptors (Lipinski definition) is 4. The molecule has 0 bridgehead atoms. The summed E-state index contributed by atoms with van der Waals surface area (Å²) < 4.78 is 4.81. The van der Waals surface area contributed by atoms with Crippen molar-refractivity contribution in [3.05, 3.63) is 40.7 Å². The first-order valence-corrected chi connectivity index (χ1v) is 5.24. The zero-order chi connectivity index (χ0) is 12.4. The van der Waals surface area contributed by atoms with E-state index in [1.54, 1.807) is 31.2 Å². The molecule has 2 rings (SSSR count). The summed E-state index contributed by atoms with van der Waals surface area (Å²) in [5.74, 6) is 0.217. The Labute approximate surface area is 103 Å². The third kappa shape index (κ3) is 2.57. The van der Waals surface area contributed by atoms with E-state index in [-0.39, 0.29) is 11.6 Å². The second-order valence-electron chi connectivity index (χ2n) is 3.51. The topological polar surface area (TPSA) is 81.2 Å². The summed E-state index contributed by atoms with van der Waals surface area (Å²) in [6.07, 6.45) is 0. The van der Waals surface area contributed by atoms with Crippen molar-refractivity contribution in [1.82, 2.24) is 5.16 Å². The van der Waals surface area contributed by atoms with Gasteiger partial charge < -0.3 is 15.6 Å². The maximum atomic E-state index is 11.7. The fourth-order valence-electron chi connectivity index (χ4n) is 1.29. The van der Waals surface area contributed by atoms with Crippen LogP contribution in [0.25, 0.3) is 0 Å². The molecule has 0 aliphatic carbocycles. The molecule has 0 unspecified atom stereocenters. The Hall–Kier alpha value is -2.01. The zero-order valence-corrected chi connectivity index (χ0v) is 9.78. The van der Waals surface area contributed by atoms with E-state index in [9.17, 15) is 4.79 Å². The molecule has 0 radical (unpaired) electrons. The third-order valence-electron chi connectivity index (χ3n) is 2.11. The second-order valence-corrected chi connectivity index (χ2v) is 3.92. The van der Waals surface area contributed by atoms with Gasteiger partial charge in [0.05, 0.1) is 10.7 Å². The van der Waals surface area contributed by atoms with E-state index in [0.717, 1.165) is 0 Å². The van der Waals surface area contributed by atoms with Crippen molar-refractivity contribution in [1.29, 1.82) is 0 Å². The lowest BCUT2D eigenvalue weighted by Gasteiger charge is -2.04. The molecule has 5 nitrogen and oxygen atoms in total. The second kappa shape index (κ2) is 4.47. The van der Waals surface area contributed by atoms with Crippen LogP contribution in [0.2, 0.25) is 5.02 Å². The average Bonchev–Trinajstić information content (AvgIpc) is 2.70. The number of rotatable bonds is 2. The maximum absolute atomic E-state index is 11.7. The van der Waals surface area contributed by atoms with Crippen LogP contribution in [0.1, 0.15) is 16.2 Å². The summed E-state index contributed by atoms with van der Waals surface area (Å²) in [5.41, 5.74) is 6.80. The SMILES string of the molecule is Cc1cc(C(=O)Nc2ccc(Cl)c(N)c2)no1. The van der Waals surface area contributed by atoms with Gasteiger partial charge in [0, 0.05) is 11.8 Å². The number of nitrogens with one attached hydrogen (secondary N) is 1. The summed E-state index contributed by atoms with van der Waals surface area (Å²) >= 11 is 5.77. The minimum atomic E-state index is -0.358. The largest absolute Gasteiger partial charge is 0.397 e. The zero-order valence-electron chi connectivity index (χ0n) is 9.03. The number of carbonyl (C=O) groups is 1. The van der Waals surface area contributed by atoms with Crippen LogP contribution in [0, 0.1) is 6.92 Å². The lowest BCUT2D eigenvalue weighted by molar-refractivity contribution is 0.101. The van der Waals surface area contributed by atoms with Crippen LogP contribution >= 0.6 is 11.6 Å². The number of nitrogens with zero attached hydrogens (tertiary/aromatic N) is 1. The molecule has 3 N–H and O–H groups in total. The Kier molecular flexibility index (Phi) is 3.01. The predicted octanol–water partition coefficient (Wildman–Crippen LogP) is 2.47. The van der Waals surface area contributed by atoms with Gasteiger partial charge in [0.25, 0.3) is 5.91 Å². The number of aryl methyl sites for hydroxylation is 1. The van der Waals surface area contributed by atoms with Gasteiger partial charge in [0.1, 0.15) is 5.76 Å². The van der Waals surface area contributed by atoms with E-state index in [2.05, 4.69) is 10.5 Å². The van der Waals surface area contributed by atoms with Crippen molar-refractivity contribution in [3.8, 4) is 0 Å². The summed E-state index contributed by atoms with van der Waals surface area (Å²) in [7, 11) is 0. The lowest BCUT2D eigenvalue weighted by Crippen LogP contribution is -2.12. The minimum absolute atomic E-state index is 0.219. The lowest BCUT2D eigenvalue weighted by atomic mass is 10.2. The fraction of sp³-hybridized carbons (Fsp3) is 0.0909. The molecule has 2 aromatic rings. The van der Waals surface area contributed by atoms with E-state index < -0.39 is 0 Å². The molecule has 1 aromatic heterocycles. The van der Waals surface area contributed by atoms with Gasteiger partial charge in [-0.05, 0) is 25.1 Å². The molecular weight excluding hydrogens is 242 g/mol. The molecule has 1 heterocycles. The highest BCUT2D eigenvalue weighted by Gasteiger charge is 2.11. The van der Waals surface area contributed by atoms with E-state index in [1.807, 2.05) is 0 Å². The van der Waals surface area contributed by atoms with Gasteiger partial charge >= 0.3 is 0 Å². The van der Waals surface area contributed by atoms with E-state index >= 15 is 0 Å². The highest BCUT2D eigenvalue weighted by atomic mass is 35.5. The number of amides is 1. The highest BCUT2D eigenvalue weighted by Crippen LogP contribution is 2.22. The van der Waals surface area contributed by atoms with E-state index in [4.69, 9.17) is 21.9 Å². The molecule has 0 saturated heterocycles. The smallest absolute Gasteiger partial charge is 0.277 e. The monoisotopic (exact) mass is 251 g/mol. The highest BCUT2D eigenvalue weighted by molar-refractivity contribution is 6.33. The normalized spacial score (nSPS) is 10.2. The summed E-state index contributed by atoms with van der Waals surface area (Å²) in [6, 6.07) is 6.39. The summed E-state index contributed by atoms with van der Waals surface area (Å²) in [6.45, 7) is 1.71. The first-order chi connectivity index (χ1) is 8.06. The van der Waals surface area contributed by atoms with Crippen LogP contribution in [-0.4, -0.2) is 11.1 Å². The van der Waals surface area contributed by atoms with Crippen LogP contribution < -0.4 is 11.1 Å². The Morgan fingerprint density at radius 1 is 1.47 bits per heavy atom.